The molecular weight excluding hydrogens is 381 g/mol. The van der Waals surface area contributed by atoms with E-state index in [1.807, 2.05) is 56.3 Å². The summed E-state index contributed by atoms with van der Waals surface area (Å²) in [5.41, 5.74) is 3.74. The first-order valence-corrected chi connectivity index (χ1v) is 9.68. The Morgan fingerprint density at radius 1 is 0.900 bits per heavy atom. The van der Waals surface area contributed by atoms with Gasteiger partial charge in [-0.15, -0.1) is 0 Å². The lowest BCUT2D eigenvalue weighted by molar-refractivity contribution is 0.0954. The highest BCUT2D eigenvalue weighted by Gasteiger charge is 2.17. The van der Waals surface area contributed by atoms with Crippen molar-refractivity contribution in [2.24, 2.45) is 0 Å². The van der Waals surface area contributed by atoms with E-state index in [-0.39, 0.29) is 30.8 Å². The number of anilines is 2. The first-order valence-electron chi connectivity index (χ1n) is 9.68. The number of nitrogens with zero attached hydrogens (tertiary/aromatic N) is 1. The van der Waals surface area contributed by atoms with Gasteiger partial charge in [-0.1, -0.05) is 35.9 Å². The molecule has 3 rings (SSSR count). The Kier molecular flexibility index (Phi) is 6.80. The second-order valence-electron chi connectivity index (χ2n) is 7.00. The zero-order valence-electron chi connectivity index (χ0n) is 17.0. The molecule has 0 bridgehead atoms. The van der Waals surface area contributed by atoms with E-state index < -0.39 is 0 Å². The van der Waals surface area contributed by atoms with Gasteiger partial charge >= 0.3 is 6.03 Å². The van der Waals surface area contributed by atoms with E-state index in [2.05, 4.69) is 10.6 Å². The molecule has 30 heavy (non-hydrogen) atoms. The molecule has 0 radical (unpaired) electrons. The molecule has 0 spiro atoms. The highest BCUT2D eigenvalue weighted by molar-refractivity contribution is 6.02. The van der Waals surface area contributed by atoms with Gasteiger partial charge in [0.05, 0.1) is 0 Å². The predicted octanol–water partition coefficient (Wildman–Crippen LogP) is 4.91. The van der Waals surface area contributed by atoms with Crippen molar-refractivity contribution in [3.8, 4) is 0 Å². The Labute approximate surface area is 175 Å². The van der Waals surface area contributed by atoms with Crippen LogP contribution in [0.4, 0.5) is 20.6 Å². The van der Waals surface area contributed by atoms with Crippen LogP contribution in [0.1, 0.15) is 21.5 Å². The average molecular weight is 405 g/mol. The Hall–Kier alpha value is -3.67. The lowest BCUT2D eigenvalue weighted by Gasteiger charge is -2.23. The number of amides is 3. The minimum absolute atomic E-state index is 0.203. The van der Waals surface area contributed by atoms with Crippen LogP contribution in [-0.2, 0) is 0 Å². The summed E-state index contributed by atoms with van der Waals surface area (Å²) in [7, 11) is 0. The van der Waals surface area contributed by atoms with Gasteiger partial charge in [0.25, 0.3) is 5.91 Å². The molecule has 0 fully saturated rings. The minimum atomic E-state index is -0.384. The monoisotopic (exact) mass is 405 g/mol. The number of benzene rings is 3. The number of rotatable bonds is 6. The van der Waals surface area contributed by atoms with Crippen LogP contribution in [0.3, 0.4) is 0 Å². The van der Waals surface area contributed by atoms with Crippen molar-refractivity contribution in [1.82, 2.24) is 5.32 Å². The summed E-state index contributed by atoms with van der Waals surface area (Å²) >= 11 is 0. The summed E-state index contributed by atoms with van der Waals surface area (Å²) in [6.07, 6.45) is 0. The summed E-state index contributed by atoms with van der Waals surface area (Å²) in [6.45, 7) is 4.30. The van der Waals surface area contributed by atoms with Crippen LogP contribution in [0.2, 0.25) is 0 Å². The maximum absolute atomic E-state index is 13.3. The van der Waals surface area contributed by atoms with Crippen molar-refractivity contribution < 1.29 is 14.0 Å². The van der Waals surface area contributed by atoms with Gasteiger partial charge in [0, 0.05) is 30.0 Å². The SMILES string of the molecule is Cc1ccc(NC(=O)N(CCNC(=O)c2ccccc2C)c2ccc(F)cc2)cc1. The van der Waals surface area contributed by atoms with Crippen molar-refractivity contribution >= 4 is 23.3 Å². The minimum Gasteiger partial charge on any atom is -0.350 e. The molecule has 0 aromatic heterocycles. The van der Waals surface area contributed by atoms with E-state index in [0.29, 0.717) is 16.9 Å². The molecule has 0 heterocycles. The van der Waals surface area contributed by atoms with Crippen LogP contribution in [0, 0.1) is 19.7 Å². The Bertz CT molecular complexity index is 1020. The second kappa shape index (κ2) is 9.69. The van der Waals surface area contributed by atoms with Gasteiger partial charge in [-0.3, -0.25) is 9.69 Å². The van der Waals surface area contributed by atoms with Gasteiger partial charge in [0.1, 0.15) is 5.82 Å². The zero-order valence-corrected chi connectivity index (χ0v) is 17.0. The van der Waals surface area contributed by atoms with Crippen molar-refractivity contribution in [3.05, 3.63) is 95.3 Å². The van der Waals surface area contributed by atoms with E-state index in [1.54, 1.807) is 6.07 Å². The van der Waals surface area contributed by atoms with Crippen molar-refractivity contribution in [2.45, 2.75) is 13.8 Å². The van der Waals surface area contributed by atoms with Crippen LogP contribution < -0.4 is 15.5 Å². The Morgan fingerprint density at radius 2 is 1.57 bits per heavy atom. The van der Waals surface area contributed by atoms with Crippen molar-refractivity contribution in [1.29, 1.82) is 0 Å². The van der Waals surface area contributed by atoms with Crippen molar-refractivity contribution in [3.63, 3.8) is 0 Å². The van der Waals surface area contributed by atoms with Gasteiger partial charge in [-0.25, -0.2) is 9.18 Å². The quantitative estimate of drug-likeness (QED) is 0.612. The third-order valence-electron chi connectivity index (χ3n) is 4.70. The molecule has 3 amide bonds. The first-order chi connectivity index (χ1) is 14.4. The van der Waals surface area contributed by atoms with Gasteiger partial charge in [-0.05, 0) is 61.9 Å². The number of aryl methyl sites for hydroxylation is 2. The fourth-order valence-corrected chi connectivity index (χ4v) is 3.00. The molecule has 0 saturated heterocycles. The van der Waals surface area contributed by atoms with E-state index in [9.17, 15) is 14.0 Å². The van der Waals surface area contributed by atoms with Crippen molar-refractivity contribution in [2.75, 3.05) is 23.3 Å². The van der Waals surface area contributed by atoms with Crippen LogP contribution >= 0.6 is 0 Å². The molecule has 3 aromatic rings. The van der Waals surface area contributed by atoms with E-state index in [0.717, 1.165) is 11.1 Å². The normalized spacial score (nSPS) is 10.4. The largest absolute Gasteiger partial charge is 0.350 e. The van der Waals surface area contributed by atoms with Gasteiger partial charge < -0.3 is 10.6 Å². The molecule has 0 saturated carbocycles. The Morgan fingerprint density at radius 3 is 2.23 bits per heavy atom. The van der Waals surface area contributed by atoms with E-state index in [4.69, 9.17) is 0 Å². The molecule has 2 N–H and O–H groups in total. The molecule has 154 valence electrons. The molecule has 0 aliphatic heterocycles. The predicted molar refractivity (Wildman–Crippen MR) is 117 cm³/mol. The standard InChI is InChI=1S/C24H24FN3O2/c1-17-7-11-20(12-8-17)27-24(30)28(21-13-9-19(25)10-14-21)16-15-26-23(29)22-6-4-3-5-18(22)2/h3-14H,15-16H2,1-2H3,(H,26,29)(H,27,30). The van der Waals surface area contributed by atoms with E-state index >= 15 is 0 Å². The molecule has 6 heteroatoms. The fraction of sp³-hybridized carbons (Fsp3) is 0.167. The highest BCUT2D eigenvalue weighted by atomic mass is 19.1. The smallest absolute Gasteiger partial charge is 0.326 e. The number of nitrogens with one attached hydrogen (secondary N) is 2. The Balaban J connectivity index is 1.70. The molecule has 3 aromatic carbocycles. The number of hydrogen-bond donors (Lipinski definition) is 2. The maximum Gasteiger partial charge on any atom is 0.326 e. The topological polar surface area (TPSA) is 61.4 Å². The zero-order chi connectivity index (χ0) is 21.5. The van der Waals surface area contributed by atoms with Gasteiger partial charge in [0.2, 0.25) is 0 Å². The maximum atomic E-state index is 13.3. The second-order valence-corrected chi connectivity index (χ2v) is 7.00. The summed E-state index contributed by atoms with van der Waals surface area (Å²) in [6, 6.07) is 20.0. The number of urea groups is 1. The van der Waals surface area contributed by atoms with Gasteiger partial charge in [-0.2, -0.15) is 0 Å². The summed E-state index contributed by atoms with van der Waals surface area (Å²) in [5.74, 6) is -0.586. The number of carbonyl (C=O) groups excluding carboxylic acids is 2. The molecule has 0 atom stereocenters. The lowest BCUT2D eigenvalue weighted by atomic mass is 10.1. The number of halogens is 1. The van der Waals surface area contributed by atoms with Crippen LogP contribution in [0.5, 0.6) is 0 Å². The highest BCUT2D eigenvalue weighted by Crippen LogP contribution is 2.17. The summed E-state index contributed by atoms with van der Waals surface area (Å²) < 4.78 is 13.3. The third kappa shape index (κ3) is 5.44. The molecular formula is C24H24FN3O2. The summed E-state index contributed by atoms with van der Waals surface area (Å²) in [4.78, 5) is 26.8. The average Bonchev–Trinajstić information content (AvgIpc) is 2.74. The molecule has 5 nitrogen and oxygen atoms in total. The first kappa shape index (κ1) is 21.0. The molecule has 0 unspecified atom stereocenters. The van der Waals surface area contributed by atoms with E-state index in [1.165, 1.54) is 29.2 Å². The number of hydrogen-bond acceptors (Lipinski definition) is 2. The number of carbonyl (C=O) groups is 2. The molecule has 0 aliphatic carbocycles. The summed E-state index contributed by atoms with van der Waals surface area (Å²) in [5, 5.41) is 5.68. The fourth-order valence-electron chi connectivity index (χ4n) is 3.00. The van der Waals surface area contributed by atoms with Crippen LogP contribution in [0.15, 0.2) is 72.8 Å². The van der Waals surface area contributed by atoms with Crippen LogP contribution in [0.25, 0.3) is 0 Å². The third-order valence-corrected chi connectivity index (χ3v) is 4.70. The lowest BCUT2D eigenvalue weighted by Crippen LogP contribution is -2.41. The molecule has 0 aliphatic rings. The van der Waals surface area contributed by atoms with Gasteiger partial charge in [0.15, 0.2) is 0 Å². The van der Waals surface area contributed by atoms with Crippen LogP contribution in [-0.4, -0.2) is 25.0 Å².